The van der Waals surface area contributed by atoms with E-state index in [9.17, 15) is 41.7 Å². The van der Waals surface area contributed by atoms with Gasteiger partial charge in [-0.3, -0.25) is 4.72 Å². The number of aliphatic hydroxyl groups is 2. The van der Waals surface area contributed by atoms with Gasteiger partial charge in [-0.25, -0.2) is 21.6 Å². The lowest BCUT2D eigenvalue weighted by molar-refractivity contribution is -0.307. The number of aromatic nitrogens is 1. The summed E-state index contributed by atoms with van der Waals surface area (Å²) in [6.45, 7) is 3.55. The van der Waals surface area contributed by atoms with Crippen molar-refractivity contribution >= 4 is 21.7 Å². The topological polar surface area (TPSA) is 132 Å². The van der Waals surface area contributed by atoms with Crippen LogP contribution in [-0.4, -0.2) is 41.4 Å². The van der Waals surface area contributed by atoms with E-state index in [2.05, 4.69) is 4.72 Å². The highest BCUT2D eigenvalue weighted by Crippen LogP contribution is 2.45. The summed E-state index contributed by atoms with van der Waals surface area (Å²) in [5.74, 6) is -3.54. The highest BCUT2D eigenvalue weighted by Gasteiger charge is 2.34. The number of carboxylic acid groups (broad SMARTS) is 1. The van der Waals surface area contributed by atoms with E-state index in [-0.39, 0.29) is 35.5 Å². The predicted octanol–water partition coefficient (Wildman–Crippen LogP) is 4.81. The Labute approximate surface area is 253 Å². The molecule has 0 aliphatic heterocycles. The Balaban J connectivity index is 1.97. The molecule has 0 amide bonds. The predicted molar refractivity (Wildman–Crippen MR) is 157 cm³/mol. The van der Waals surface area contributed by atoms with Crippen molar-refractivity contribution in [1.29, 1.82) is 0 Å². The van der Waals surface area contributed by atoms with E-state index in [1.54, 1.807) is 18.4 Å². The molecule has 234 valence electrons. The number of rotatable bonds is 13. The van der Waals surface area contributed by atoms with E-state index in [0.29, 0.717) is 22.5 Å². The molecule has 0 spiro atoms. The van der Waals surface area contributed by atoms with Crippen molar-refractivity contribution in [2.75, 3.05) is 4.72 Å². The number of carboxylic acids is 1. The molecule has 2 atom stereocenters. The van der Waals surface area contributed by atoms with Crippen LogP contribution in [0.5, 0.6) is 0 Å². The third-order valence-electron chi connectivity index (χ3n) is 7.05. The molecular formula is C32H32F3N2O6S-. The Morgan fingerprint density at radius 3 is 1.84 bits per heavy atom. The summed E-state index contributed by atoms with van der Waals surface area (Å²) in [5, 5.41) is 31.6. The van der Waals surface area contributed by atoms with Crippen LogP contribution in [-0.2, 0) is 21.4 Å². The number of nitrogens with one attached hydrogen (secondary N) is 1. The summed E-state index contributed by atoms with van der Waals surface area (Å²) >= 11 is 0. The number of carbonyl (C=O) groups excluding carboxylic acids is 1. The summed E-state index contributed by atoms with van der Waals surface area (Å²) in [5.41, 5.74) is 1.74. The molecular weight excluding hydrogens is 597 g/mol. The zero-order valence-electron chi connectivity index (χ0n) is 24.0. The van der Waals surface area contributed by atoms with Gasteiger partial charge in [-0.05, 0) is 90.6 Å². The fraction of sp³-hybridized carbons (Fsp3) is 0.281. The molecule has 0 fully saturated rings. The first-order chi connectivity index (χ1) is 20.8. The molecule has 0 aliphatic rings. The lowest BCUT2D eigenvalue weighted by Gasteiger charge is -2.20. The van der Waals surface area contributed by atoms with E-state index in [4.69, 9.17) is 0 Å². The summed E-state index contributed by atoms with van der Waals surface area (Å²) in [6.07, 6.45) is -3.46. The standard InChI is InChI=1S/C32H33F3N2O6S/c1-19(2)30-32(44(42,43)36-25-13-11-24(35)12-14-25)29(20-3-7-22(33)8-4-20)31(21-5-9-23(34)10-6-21)37(30)16-15-26(38)17-27(39)18-28(40)41/h3-14,19,26-27,36,38-39H,15-18H2,1-2H3,(H,40,41)/p-1/t26-,27-/m1/s1. The van der Waals surface area contributed by atoms with Crippen LogP contribution < -0.4 is 9.83 Å². The van der Waals surface area contributed by atoms with Gasteiger partial charge in [0.15, 0.2) is 0 Å². The van der Waals surface area contributed by atoms with Crippen molar-refractivity contribution in [1.82, 2.24) is 4.57 Å². The van der Waals surface area contributed by atoms with E-state index >= 15 is 0 Å². The van der Waals surface area contributed by atoms with Crippen LogP contribution in [0.1, 0.15) is 44.7 Å². The second-order valence-electron chi connectivity index (χ2n) is 10.8. The Kier molecular flexibility index (Phi) is 10.2. The molecule has 1 aromatic heterocycles. The molecule has 0 aliphatic carbocycles. The number of sulfonamides is 1. The van der Waals surface area contributed by atoms with Gasteiger partial charge in [-0.2, -0.15) is 0 Å². The first kappa shape index (κ1) is 32.8. The van der Waals surface area contributed by atoms with Crippen molar-refractivity contribution in [3.8, 4) is 22.4 Å². The zero-order valence-corrected chi connectivity index (χ0v) is 24.8. The number of aliphatic hydroxyl groups excluding tert-OH is 2. The number of nitrogens with zero attached hydrogens (tertiary/aromatic N) is 1. The Morgan fingerprint density at radius 1 is 0.841 bits per heavy atom. The highest BCUT2D eigenvalue weighted by molar-refractivity contribution is 7.93. The SMILES string of the molecule is CC(C)c1c(S(=O)(=O)Nc2ccc(F)cc2)c(-c2ccc(F)cc2)c(-c2ccc(F)cc2)n1CC[C@@H](O)C[C@@H](O)CC(=O)[O-]. The minimum Gasteiger partial charge on any atom is -0.550 e. The fourth-order valence-corrected chi connectivity index (χ4v) is 6.85. The van der Waals surface area contributed by atoms with Crippen LogP contribution in [0.3, 0.4) is 0 Å². The quantitative estimate of drug-likeness (QED) is 0.195. The lowest BCUT2D eigenvalue weighted by atomic mass is 10.00. The molecule has 0 unspecified atom stereocenters. The van der Waals surface area contributed by atoms with Crippen LogP contribution in [0.15, 0.2) is 77.7 Å². The van der Waals surface area contributed by atoms with Crippen molar-refractivity contribution in [2.45, 2.75) is 62.7 Å². The molecule has 0 saturated heterocycles. The summed E-state index contributed by atoms with van der Waals surface area (Å²) in [4.78, 5) is 10.7. The second kappa shape index (κ2) is 13.7. The number of hydrogen-bond donors (Lipinski definition) is 3. The Hall–Kier alpha value is -4.13. The minimum absolute atomic E-state index is 0.0135. The smallest absolute Gasteiger partial charge is 0.264 e. The van der Waals surface area contributed by atoms with Crippen LogP contribution >= 0.6 is 0 Å². The summed E-state index contributed by atoms with van der Waals surface area (Å²) in [6, 6.07) is 15.3. The number of benzene rings is 3. The van der Waals surface area contributed by atoms with Gasteiger partial charge in [0.1, 0.15) is 22.3 Å². The number of aliphatic carboxylic acids is 1. The molecule has 3 aromatic carbocycles. The third-order valence-corrected chi connectivity index (χ3v) is 8.51. The van der Waals surface area contributed by atoms with Gasteiger partial charge < -0.3 is 24.7 Å². The summed E-state index contributed by atoms with van der Waals surface area (Å²) in [7, 11) is -4.42. The van der Waals surface area contributed by atoms with Crippen LogP contribution in [0.25, 0.3) is 22.4 Å². The van der Waals surface area contributed by atoms with Gasteiger partial charge >= 0.3 is 0 Å². The van der Waals surface area contributed by atoms with Crippen molar-refractivity contribution in [2.24, 2.45) is 0 Å². The second-order valence-corrected chi connectivity index (χ2v) is 12.4. The lowest BCUT2D eigenvalue weighted by Crippen LogP contribution is -2.29. The van der Waals surface area contributed by atoms with Crippen molar-refractivity contribution in [3.63, 3.8) is 0 Å². The van der Waals surface area contributed by atoms with E-state index in [1.807, 2.05) is 0 Å². The van der Waals surface area contributed by atoms with E-state index in [0.717, 1.165) is 12.1 Å². The summed E-state index contributed by atoms with van der Waals surface area (Å²) < 4.78 is 74.3. The average Bonchev–Trinajstić information content (AvgIpc) is 3.30. The van der Waals surface area contributed by atoms with Crippen molar-refractivity contribution in [3.05, 3.63) is 95.9 Å². The molecule has 4 rings (SSSR count). The van der Waals surface area contributed by atoms with Gasteiger partial charge in [0, 0.05) is 35.9 Å². The molecule has 8 nitrogen and oxygen atoms in total. The number of hydrogen-bond acceptors (Lipinski definition) is 6. The maximum atomic E-state index is 14.2. The molecule has 4 aromatic rings. The number of halogens is 3. The average molecular weight is 630 g/mol. The first-order valence-corrected chi connectivity index (χ1v) is 15.4. The monoisotopic (exact) mass is 629 g/mol. The van der Waals surface area contributed by atoms with Crippen LogP contribution in [0.4, 0.5) is 18.9 Å². The van der Waals surface area contributed by atoms with Gasteiger partial charge in [0.2, 0.25) is 0 Å². The number of anilines is 1. The van der Waals surface area contributed by atoms with Crippen molar-refractivity contribution < 1.29 is 41.7 Å². The van der Waals surface area contributed by atoms with Crippen LogP contribution in [0.2, 0.25) is 0 Å². The molecule has 44 heavy (non-hydrogen) atoms. The molecule has 0 bridgehead atoms. The normalized spacial score (nSPS) is 13.2. The third kappa shape index (κ3) is 7.68. The van der Waals surface area contributed by atoms with Crippen LogP contribution in [0, 0.1) is 17.5 Å². The maximum Gasteiger partial charge on any atom is 0.264 e. The maximum absolute atomic E-state index is 14.2. The first-order valence-electron chi connectivity index (χ1n) is 13.9. The van der Waals surface area contributed by atoms with E-state index in [1.165, 1.54) is 60.7 Å². The fourth-order valence-electron chi connectivity index (χ4n) is 5.19. The zero-order chi connectivity index (χ0) is 32.2. The molecule has 1 heterocycles. The molecule has 12 heteroatoms. The van der Waals surface area contributed by atoms with Gasteiger partial charge in [-0.1, -0.05) is 26.0 Å². The molecule has 0 saturated carbocycles. The number of carbonyl (C=O) groups is 1. The largest absolute Gasteiger partial charge is 0.550 e. The van der Waals surface area contributed by atoms with Gasteiger partial charge in [0.05, 0.1) is 17.9 Å². The van der Waals surface area contributed by atoms with E-state index < -0.39 is 58.0 Å². The van der Waals surface area contributed by atoms with Gasteiger partial charge in [-0.15, -0.1) is 0 Å². The van der Waals surface area contributed by atoms with Gasteiger partial charge in [0.25, 0.3) is 10.0 Å². The molecule has 0 radical (unpaired) electrons. The Bertz CT molecular complexity index is 1700. The molecule has 3 N–H and O–H groups in total. The minimum atomic E-state index is -4.42. The Morgan fingerprint density at radius 2 is 1.34 bits per heavy atom. The highest BCUT2D eigenvalue weighted by atomic mass is 32.2.